The Kier molecular flexibility index (Phi) is 8.25. The first-order valence-corrected chi connectivity index (χ1v) is 12.8. The molecule has 1 unspecified atom stereocenters. The Balaban J connectivity index is 2.14. The fourth-order valence-electron chi connectivity index (χ4n) is 4.82. The second-order valence-corrected chi connectivity index (χ2v) is 10.6. The third-order valence-corrected chi connectivity index (χ3v) is 7.17. The first-order valence-electron chi connectivity index (χ1n) is 12.8. The molecule has 0 saturated carbocycles. The van der Waals surface area contributed by atoms with E-state index in [0.29, 0.717) is 11.6 Å². The van der Waals surface area contributed by atoms with Gasteiger partial charge >= 0.3 is 0 Å². The molecule has 0 saturated heterocycles. The molecule has 1 heterocycles. The highest BCUT2D eigenvalue weighted by molar-refractivity contribution is 5.93. The van der Waals surface area contributed by atoms with Gasteiger partial charge in [-0.05, 0) is 38.0 Å². The van der Waals surface area contributed by atoms with Crippen molar-refractivity contribution in [2.45, 2.75) is 71.8 Å². The summed E-state index contributed by atoms with van der Waals surface area (Å²) in [4.78, 5) is 11.4. The van der Waals surface area contributed by atoms with Crippen molar-refractivity contribution in [1.82, 2.24) is 9.97 Å². The Morgan fingerprint density at radius 2 is 1.78 bits per heavy atom. The van der Waals surface area contributed by atoms with Crippen LogP contribution in [0.3, 0.4) is 0 Å². The fourth-order valence-corrected chi connectivity index (χ4v) is 4.82. The lowest BCUT2D eigenvalue weighted by Gasteiger charge is -2.31. The number of nitrogens with one attached hydrogen (secondary N) is 1. The number of halogens is 3. The van der Waals surface area contributed by atoms with Crippen molar-refractivity contribution in [3.8, 4) is 0 Å². The molecular formula is C30H39F3N4. The number of hydrogen-bond acceptors (Lipinski definition) is 4. The molecule has 0 fully saturated rings. The second-order valence-electron chi connectivity index (χ2n) is 10.6. The van der Waals surface area contributed by atoms with Gasteiger partial charge in [-0.3, -0.25) is 0 Å². The van der Waals surface area contributed by atoms with Gasteiger partial charge in [0.15, 0.2) is 0 Å². The maximum atomic E-state index is 15.4. The zero-order valence-corrected chi connectivity index (χ0v) is 23.2. The Bertz CT molecular complexity index is 1290. The first kappa shape index (κ1) is 28.5. The molecule has 4 nitrogen and oxygen atoms in total. The number of fused-ring (bicyclic) bond motifs is 1. The van der Waals surface area contributed by atoms with Gasteiger partial charge in [-0.25, -0.2) is 23.1 Å². The lowest BCUT2D eigenvalue weighted by molar-refractivity contribution is -0.0545. The first-order chi connectivity index (χ1) is 17.3. The summed E-state index contributed by atoms with van der Waals surface area (Å²) in [5.41, 5.74) is 2.22. The fraction of sp³-hybridized carbons (Fsp3) is 0.467. The number of benzene rings is 2. The van der Waals surface area contributed by atoms with E-state index in [4.69, 9.17) is 4.98 Å². The van der Waals surface area contributed by atoms with Crippen LogP contribution in [0.25, 0.3) is 10.9 Å². The van der Waals surface area contributed by atoms with Crippen molar-refractivity contribution in [3.05, 3.63) is 71.3 Å². The molecule has 200 valence electrons. The Hall–Kier alpha value is -3.09. The van der Waals surface area contributed by atoms with E-state index < -0.39 is 29.3 Å². The molecule has 3 aromatic rings. The summed E-state index contributed by atoms with van der Waals surface area (Å²) in [6, 6.07) is 7.68. The largest absolute Gasteiger partial charge is 0.377 e. The van der Waals surface area contributed by atoms with Crippen LogP contribution in [0, 0.1) is 18.7 Å². The minimum Gasteiger partial charge on any atom is -0.377 e. The lowest BCUT2D eigenvalue weighted by Crippen LogP contribution is -2.24. The highest BCUT2D eigenvalue weighted by atomic mass is 19.3. The van der Waals surface area contributed by atoms with Crippen molar-refractivity contribution in [2.75, 3.05) is 24.3 Å². The smallest absolute Gasteiger partial charge is 0.278 e. The topological polar surface area (TPSA) is 41.1 Å². The molecule has 2 aromatic carbocycles. The van der Waals surface area contributed by atoms with Gasteiger partial charge < -0.3 is 10.2 Å². The molecule has 0 spiro atoms. The third kappa shape index (κ3) is 5.46. The number of anilines is 2. The van der Waals surface area contributed by atoms with E-state index >= 15 is 4.39 Å². The standard InChI is InChI=1S/C30H39F3N4/c1-10-15-29(7,11-2)24-17-25-22(16-26(24)37(8)9)28(36-20(6)35-25)34-19(5)21-13-12-14-23(27(21)31)30(32,33)18(3)4/h11-14,16-19H,2,10,15H2,1,3-9H3,(H,34,35,36)/t19-,29?/m1/s1. The van der Waals surface area contributed by atoms with Gasteiger partial charge in [0.2, 0.25) is 0 Å². The molecule has 1 aromatic heterocycles. The van der Waals surface area contributed by atoms with Crippen molar-refractivity contribution in [2.24, 2.45) is 5.92 Å². The average Bonchev–Trinajstić information content (AvgIpc) is 2.82. The highest BCUT2D eigenvalue weighted by Gasteiger charge is 2.39. The average molecular weight is 513 g/mol. The molecule has 0 aliphatic rings. The summed E-state index contributed by atoms with van der Waals surface area (Å²) in [6.07, 6.45) is 3.93. The molecule has 37 heavy (non-hydrogen) atoms. The molecule has 3 rings (SSSR count). The van der Waals surface area contributed by atoms with Crippen LogP contribution in [-0.4, -0.2) is 24.1 Å². The van der Waals surface area contributed by atoms with Crippen LogP contribution in [0.2, 0.25) is 0 Å². The number of aromatic nitrogens is 2. The Morgan fingerprint density at radius 1 is 1.11 bits per heavy atom. The highest BCUT2D eigenvalue weighted by Crippen LogP contribution is 2.41. The molecule has 0 amide bonds. The van der Waals surface area contributed by atoms with E-state index in [9.17, 15) is 8.78 Å². The van der Waals surface area contributed by atoms with E-state index in [-0.39, 0.29) is 11.0 Å². The van der Waals surface area contributed by atoms with E-state index in [1.54, 1.807) is 13.8 Å². The summed E-state index contributed by atoms with van der Waals surface area (Å²) in [5, 5.41) is 4.05. The van der Waals surface area contributed by atoms with Gasteiger partial charge in [0.1, 0.15) is 17.5 Å². The van der Waals surface area contributed by atoms with E-state index in [1.807, 2.05) is 26.2 Å². The van der Waals surface area contributed by atoms with Crippen molar-refractivity contribution >= 4 is 22.4 Å². The van der Waals surface area contributed by atoms with Gasteiger partial charge in [0.25, 0.3) is 5.92 Å². The summed E-state index contributed by atoms with van der Waals surface area (Å²) in [5.74, 6) is -4.11. The Morgan fingerprint density at radius 3 is 2.35 bits per heavy atom. The van der Waals surface area contributed by atoms with E-state index in [1.165, 1.54) is 26.0 Å². The lowest BCUT2D eigenvalue weighted by atomic mass is 9.77. The van der Waals surface area contributed by atoms with Gasteiger partial charge in [-0.15, -0.1) is 6.58 Å². The number of hydrogen-bond donors (Lipinski definition) is 1. The monoisotopic (exact) mass is 512 g/mol. The summed E-state index contributed by atoms with van der Waals surface area (Å²) in [6.45, 7) is 14.8. The second kappa shape index (κ2) is 10.7. The zero-order valence-electron chi connectivity index (χ0n) is 23.2. The van der Waals surface area contributed by atoms with E-state index in [0.717, 1.165) is 41.1 Å². The van der Waals surface area contributed by atoms with Gasteiger partial charge in [-0.1, -0.05) is 58.4 Å². The van der Waals surface area contributed by atoms with Crippen molar-refractivity contribution < 1.29 is 13.2 Å². The maximum Gasteiger partial charge on any atom is 0.278 e. The minimum absolute atomic E-state index is 0.161. The number of nitrogens with zero attached hydrogens (tertiary/aromatic N) is 3. The van der Waals surface area contributed by atoms with Crippen LogP contribution in [0.4, 0.5) is 24.7 Å². The molecular weight excluding hydrogens is 473 g/mol. The molecule has 0 aliphatic carbocycles. The summed E-state index contributed by atoms with van der Waals surface area (Å²) < 4.78 is 44.8. The van der Waals surface area contributed by atoms with Crippen LogP contribution in [0.1, 0.15) is 76.0 Å². The molecule has 1 N–H and O–H groups in total. The van der Waals surface area contributed by atoms with Crippen LogP contribution in [-0.2, 0) is 11.3 Å². The number of rotatable bonds is 10. The van der Waals surface area contributed by atoms with Crippen molar-refractivity contribution in [3.63, 3.8) is 0 Å². The van der Waals surface area contributed by atoms with Crippen molar-refractivity contribution in [1.29, 1.82) is 0 Å². The van der Waals surface area contributed by atoms with Crippen LogP contribution < -0.4 is 10.2 Å². The van der Waals surface area contributed by atoms with Gasteiger partial charge in [0, 0.05) is 42.1 Å². The molecule has 0 radical (unpaired) electrons. The molecule has 0 aliphatic heterocycles. The SMILES string of the molecule is C=CC(C)(CCC)c1cc2nc(C)nc(N[C@H](C)c3cccc(C(F)(F)C(C)C)c3F)c2cc1N(C)C. The predicted octanol–water partition coefficient (Wildman–Crippen LogP) is 8.31. The quantitative estimate of drug-likeness (QED) is 0.277. The van der Waals surface area contributed by atoms with Crippen LogP contribution in [0.15, 0.2) is 43.0 Å². The van der Waals surface area contributed by atoms with Gasteiger partial charge in [-0.2, -0.15) is 0 Å². The van der Waals surface area contributed by atoms with Gasteiger partial charge in [0.05, 0.1) is 17.1 Å². The summed E-state index contributed by atoms with van der Waals surface area (Å²) >= 11 is 0. The normalized spacial score (nSPS) is 14.5. The summed E-state index contributed by atoms with van der Waals surface area (Å²) in [7, 11) is 3.97. The molecule has 7 heteroatoms. The maximum absolute atomic E-state index is 15.4. The molecule has 2 atom stereocenters. The number of aryl methyl sites for hydroxylation is 1. The number of alkyl halides is 2. The van der Waals surface area contributed by atoms with E-state index in [2.05, 4.69) is 41.7 Å². The van der Waals surface area contributed by atoms with Crippen LogP contribution >= 0.6 is 0 Å². The minimum atomic E-state index is -3.27. The zero-order chi connectivity index (χ0) is 27.7. The van der Waals surface area contributed by atoms with Crippen LogP contribution in [0.5, 0.6) is 0 Å². The number of allylic oxidation sites excluding steroid dienone is 1. The predicted molar refractivity (Wildman–Crippen MR) is 148 cm³/mol. The Labute approximate surface area is 219 Å². The third-order valence-electron chi connectivity index (χ3n) is 7.17. The molecule has 0 bridgehead atoms.